The van der Waals surface area contributed by atoms with Gasteiger partial charge in [0.1, 0.15) is 11.5 Å². The molecule has 5 heteroatoms. The monoisotopic (exact) mass is 277 g/mol. The van der Waals surface area contributed by atoms with Crippen LogP contribution in [-0.4, -0.2) is 17.2 Å². The van der Waals surface area contributed by atoms with Crippen molar-refractivity contribution in [3.63, 3.8) is 0 Å². The number of urea groups is 1. The van der Waals surface area contributed by atoms with Crippen LogP contribution >= 0.6 is 0 Å². The number of nitrogens with one attached hydrogen (secondary N) is 2. The minimum atomic E-state index is -0.0889. The zero-order valence-electron chi connectivity index (χ0n) is 12.0. The first-order valence-electron chi connectivity index (χ1n) is 7.69. The predicted octanol–water partition coefficient (Wildman–Crippen LogP) is 2.75. The van der Waals surface area contributed by atoms with Gasteiger partial charge >= 0.3 is 6.03 Å². The first-order valence-corrected chi connectivity index (χ1v) is 7.69. The van der Waals surface area contributed by atoms with Crippen LogP contribution in [0.3, 0.4) is 0 Å². The molecule has 2 aliphatic carbocycles. The Bertz CT molecular complexity index is 465. The average Bonchev–Trinajstić information content (AvgIpc) is 3.09. The van der Waals surface area contributed by atoms with Crippen LogP contribution in [0.25, 0.3) is 0 Å². The van der Waals surface area contributed by atoms with E-state index in [2.05, 4.69) is 15.8 Å². The lowest BCUT2D eigenvalue weighted by atomic mass is 9.85. The van der Waals surface area contributed by atoms with E-state index in [4.69, 9.17) is 4.52 Å². The Morgan fingerprint density at radius 2 is 2.20 bits per heavy atom. The van der Waals surface area contributed by atoms with Crippen molar-refractivity contribution in [3.8, 4) is 0 Å². The summed E-state index contributed by atoms with van der Waals surface area (Å²) in [6.45, 7) is 2.26. The molecule has 2 amide bonds. The summed E-state index contributed by atoms with van der Waals surface area (Å²) in [6, 6.07) is 2.13. The summed E-state index contributed by atoms with van der Waals surface area (Å²) in [5, 5.41) is 9.76. The fraction of sp³-hybridized carbons (Fsp3) is 0.733. The lowest BCUT2D eigenvalue weighted by Crippen LogP contribution is -2.37. The summed E-state index contributed by atoms with van der Waals surface area (Å²) in [5.41, 5.74) is 0.761. The SMILES string of the molecule is Cc1cc(CNC(=O)N[C@@H]2C[C@H]2C2CCCCC2)no1. The molecule has 0 saturated heterocycles. The summed E-state index contributed by atoms with van der Waals surface area (Å²) in [6.07, 6.45) is 7.97. The van der Waals surface area contributed by atoms with Crippen LogP contribution in [0.1, 0.15) is 50.0 Å². The Kier molecular flexibility index (Phi) is 3.94. The highest BCUT2D eigenvalue weighted by molar-refractivity contribution is 5.74. The molecular weight excluding hydrogens is 254 g/mol. The number of carbonyl (C=O) groups is 1. The Morgan fingerprint density at radius 1 is 1.40 bits per heavy atom. The smallest absolute Gasteiger partial charge is 0.315 e. The largest absolute Gasteiger partial charge is 0.361 e. The third-order valence-electron chi connectivity index (χ3n) is 4.52. The fourth-order valence-electron chi connectivity index (χ4n) is 3.36. The summed E-state index contributed by atoms with van der Waals surface area (Å²) < 4.78 is 4.96. The Hall–Kier alpha value is -1.52. The number of rotatable bonds is 4. The molecule has 20 heavy (non-hydrogen) atoms. The average molecular weight is 277 g/mol. The van der Waals surface area contributed by atoms with Crippen molar-refractivity contribution in [2.24, 2.45) is 11.8 Å². The highest BCUT2D eigenvalue weighted by Gasteiger charge is 2.43. The number of hydrogen-bond acceptors (Lipinski definition) is 3. The fourth-order valence-corrected chi connectivity index (χ4v) is 3.36. The van der Waals surface area contributed by atoms with Gasteiger partial charge in [-0.05, 0) is 25.2 Å². The van der Waals surface area contributed by atoms with Crippen molar-refractivity contribution in [1.29, 1.82) is 0 Å². The van der Waals surface area contributed by atoms with E-state index < -0.39 is 0 Å². The van der Waals surface area contributed by atoms with Gasteiger partial charge in [-0.25, -0.2) is 4.79 Å². The number of aryl methyl sites for hydroxylation is 1. The Morgan fingerprint density at radius 3 is 2.90 bits per heavy atom. The van der Waals surface area contributed by atoms with Crippen LogP contribution in [0.2, 0.25) is 0 Å². The minimum Gasteiger partial charge on any atom is -0.361 e. The molecule has 0 spiro atoms. The van der Waals surface area contributed by atoms with E-state index in [1.165, 1.54) is 32.1 Å². The second-order valence-corrected chi connectivity index (χ2v) is 6.16. The molecule has 2 N–H and O–H groups in total. The van der Waals surface area contributed by atoms with Gasteiger partial charge in [-0.15, -0.1) is 0 Å². The highest BCUT2D eigenvalue weighted by Crippen LogP contribution is 2.44. The molecule has 2 fully saturated rings. The molecule has 2 aliphatic rings. The van der Waals surface area contributed by atoms with Gasteiger partial charge in [0.15, 0.2) is 0 Å². The number of hydrogen-bond donors (Lipinski definition) is 2. The molecule has 0 radical (unpaired) electrons. The maximum atomic E-state index is 11.8. The molecule has 0 unspecified atom stereocenters. The summed E-state index contributed by atoms with van der Waals surface area (Å²) >= 11 is 0. The molecule has 2 atom stereocenters. The van der Waals surface area contributed by atoms with Gasteiger partial charge in [-0.2, -0.15) is 0 Å². The minimum absolute atomic E-state index is 0.0889. The molecular formula is C15H23N3O2. The van der Waals surface area contributed by atoms with Crippen molar-refractivity contribution in [2.45, 2.75) is 58.0 Å². The van der Waals surface area contributed by atoms with Crippen LogP contribution < -0.4 is 10.6 Å². The van der Waals surface area contributed by atoms with Gasteiger partial charge in [0, 0.05) is 12.1 Å². The molecule has 2 saturated carbocycles. The normalized spacial score (nSPS) is 26.2. The molecule has 110 valence electrons. The molecule has 5 nitrogen and oxygen atoms in total. The van der Waals surface area contributed by atoms with E-state index in [1.54, 1.807) is 0 Å². The van der Waals surface area contributed by atoms with Crippen molar-refractivity contribution < 1.29 is 9.32 Å². The zero-order chi connectivity index (χ0) is 13.9. The quantitative estimate of drug-likeness (QED) is 0.889. The van der Waals surface area contributed by atoms with Crippen LogP contribution in [0.4, 0.5) is 4.79 Å². The summed E-state index contributed by atoms with van der Waals surface area (Å²) in [4.78, 5) is 11.8. The van der Waals surface area contributed by atoms with Gasteiger partial charge in [0.05, 0.1) is 6.54 Å². The molecule has 1 aromatic heterocycles. The van der Waals surface area contributed by atoms with E-state index in [1.807, 2.05) is 13.0 Å². The molecule has 1 heterocycles. The Labute approximate surface area is 119 Å². The van der Waals surface area contributed by atoms with E-state index in [-0.39, 0.29) is 6.03 Å². The molecule has 1 aromatic rings. The summed E-state index contributed by atoms with van der Waals surface area (Å²) in [5.74, 6) is 2.32. The maximum absolute atomic E-state index is 11.8. The number of nitrogens with zero attached hydrogens (tertiary/aromatic N) is 1. The van der Waals surface area contributed by atoms with Gasteiger partial charge in [0.25, 0.3) is 0 Å². The third-order valence-corrected chi connectivity index (χ3v) is 4.52. The predicted molar refractivity (Wildman–Crippen MR) is 75.1 cm³/mol. The van der Waals surface area contributed by atoms with Crippen LogP contribution in [0.5, 0.6) is 0 Å². The standard InChI is InChI=1S/C15H23N3O2/c1-10-7-12(18-20-10)9-16-15(19)17-14-8-13(14)11-5-3-2-4-6-11/h7,11,13-14H,2-6,8-9H2,1H3,(H2,16,17,19)/t13-,14+/m0/s1. The van der Waals surface area contributed by atoms with E-state index in [0.717, 1.165) is 29.7 Å². The highest BCUT2D eigenvalue weighted by atomic mass is 16.5. The maximum Gasteiger partial charge on any atom is 0.315 e. The molecule has 0 aliphatic heterocycles. The second-order valence-electron chi connectivity index (χ2n) is 6.16. The lowest BCUT2D eigenvalue weighted by molar-refractivity contribution is 0.237. The van der Waals surface area contributed by atoms with Gasteiger partial charge in [-0.3, -0.25) is 0 Å². The lowest BCUT2D eigenvalue weighted by Gasteiger charge is -2.21. The van der Waals surface area contributed by atoms with E-state index in [0.29, 0.717) is 12.6 Å². The van der Waals surface area contributed by atoms with Gasteiger partial charge in [0.2, 0.25) is 0 Å². The molecule has 0 aromatic carbocycles. The Balaban J connectivity index is 1.37. The van der Waals surface area contributed by atoms with Crippen molar-refractivity contribution in [2.75, 3.05) is 0 Å². The van der Waals surface area contributed by atoms with Crippen molar-refractivity contribution in [1.82, 2.24) is 15.8 Å². The topological polar surface area (TPSA) is 67.2 Å². The van der Waals surface area contributed by atoms with Crippen LogP contribution in [0, 0.1) is 18.8 Å². The van der Waals surface area contributed by atoms with Crippen LogP contribution in [-0.2, 0) is 6.54 Å². The van der Waals surface area contributed by atoms with Gasteiger partial charge in [-0.1, -0.05) is 37.3 Å². The second kappa shape index (κ2) is 5.85. The number of aromatic nitrogens is 1. The molecule has 3 rings (SSSR count). The first-order chi connectivity index (χ1) is 9.72. The van der Waals surface area contributed by atoms with E-state index in [9.17, 15) is 4.79 Å². The van der Waals surface area contributed by atoms with E-state index >= 15 is 0 Å². The zero-order valence-corrected chi connectivity index (χ0v) is 12.0. The van der Waals surface area contributed by atoms with Crippen molar-refractivity contribution in [3.05, 3.63) is 17.5 Å². The number of amides is 2. The van der Waals surface area contributed by atoms with Crippen molar-refractivity contribution >= 4 is 6.03 Å². The third kappa shape index (κ3) is 3.32. The van der Waals surface area contributed by atoms with Crippen LogP contribution in [0.15, 0.2) is 10.6 Å². The molecule has 0 bridgehead atoms. The first kappa shape index (κ1) is 13.5. The van der Waals surface area contributed by atoms with Gasteiger partial charge < -0.3 is 15.2 Å². The number of carbonyl (C=O) groups excluding carboxylic acids is 1. The summed E-state index contributed by atoms with van der Waals surface area (Å²) in [7, 11) is 0.